The summed E-state index contributed by atoms with van der Waals surface area (Å²) in [6, 6.07) is 12.9. The Morgan fingerprint density at radius 2 is 1.82 bits per heavy atom. The Labute approximate surface area is 163 Å². The summed E-state index contributed by atoms with van der Waals surface area (Å²) in [4.78, 5) is 4.70. The molecule has 3 aromatic rings. The average Bonchev–Trinajstić information content (AvgIpc) is 3.19. The second kappa shape index (κ2) is 7.44. The fourth-order valence-electron chi connectivity index (χ4n) is 3.35. The molecule has 6 nitrogen and oxygen atoms in total. The van der Waals surface area contributed by atoms with Crippen molar-refractivity contribution in [2.45, 2.75) is 30.6 Å². The second-order valence-electron chi connectivity index (χ2n) is 6.96. The molecule has 4 rings (SSSR count). The van der Waals surface area contributed by atoms with Gasteiger partial charge in [-0.3, -0.25) is 0 Å². The third-order valence-electron chi connectivity index (χ3n) is 4.99. The maximum absolute atomic E-state index is 13.4. The number of hydrogen-bond donors (Lipinski definition) is 0. The largest absolute Gasteiger partial charge is 0.334 e. The number of halogens is 1. The fourth-order valence-corrected chi connectivity index (χ4v) is 4.82. The second-order valence-corrected chi connectivity index (χ2v) is 8.90. The molecule has 2 aromatic carbocycles. The smallest absolute Gasteiger partial charge is 0.258 e. The van der Waals surface area contributed by atoms with E-state index in [1.807, 2.05) is 6.92 Å². The van der Waals surface area contributed by atoms with Gasteiger partial charge in [-0.15, -0.1) is 0 Å². The number of benzene rings is 2. The Balaban J connectivity index is 1.45. The minimum atomic E-state index is -3.50. The van der Waals surface area contributed by atoms with Crippen LogP contribution in [0.25, 0.3) is 11.5 Å². The quantitative estimate of drug-likeness (QED) is 0.665. The van der Waals surface area contributed by atoms with E-state index in [0.717, 1.165) is 5.56 Å². The molecule has 0 spiro atoms. The van der Waals surface area contributed by atoms with Crippen LogP contribution in [0, 0.1) is 12.7 Å². The fraction of sp³-hybridized carbons (Fsp3) is 0.300. The summed E-state index contributed by atoms with van der Waals surface area (Å²) in [5, 5.41) is 4.02. The van der Waals surface area contributed by atoms with E-state index in [1.54, 1.807) is 36.4 Å². The van der Waals surface area contributed by atoms with E-state index in [9.17, 15) is 12.8 Å². The van der Waals surface area contributed by atoms with Crippen molar-refractivity contribution in [1.82, 2.24) is 14.4 Å². The van der Waals surface area contributed by atoms with Gasteiger partial charge >= 0.3 is 0 Å². The van der Waals surface area contributed by atoms with Gasteiger partial charge in [-0.1, -0.05) is 28.9 Å². The van der Waals surface area contributed by atoms with Crippen LogP contribution in [0.15, 0.2) is 57.9 Å². The van der Waals surface area contributed by atoms with Gasteiger partial charge in [0.25, 0.3) is 5.89 Å². The maximum Gasteiger partial charge on any atom is 0.258 e. The molecule has 1 fully saturated rings. The molecule has 0 atom stereocenters. The number of rotatable bonds is 4. The number of sulfonamides is 1. The van der Waals surface area contributed by atoms with Gasteiger partial charge in [-0.2, -0.15) is 9.29 Å². The molecule has 0 saturated carbocycles. The zero-order chi connectivity index (χ0) is 19.7. The van der Waals surface area contributed by atoms with Crippen molar-refractivity contribution in [1.29, 1.82) is 0 Å². The molecule has 1 saturated heterocycles. The lowest BCUT2D eigenvalue weighted by atomic mass is 9.97. The Morgan fingerprint density at radius 3 is 2.50 bits per heavy atom. The van der Waals surface area contributed by atoms with Gasteiger partial charge in [0.05, 0.1) is 4.90 Å². The van der Waals surface area contributed by atoms with Crippen LogP contribution in [0.2, 0.25) is 0 Å². The van der Waals surface area contributed by atoms with E-state index in [1.165, 1.54) is 16.4 Å². The monoisotopic (exact) mass is 401 g/mol. The number of nitrogens with zero attached hydrogens (tertiary/aromatic N) is 3. The van der Waals surface area contributed by atoms with Crippen molar-refractivity contribution in [3.63, 3.8) is 0 Å². The summed E-state index contributed by atoms with van der Waals surface area (Å²) < 4.78 is 45.8. The van der Waals surface area contributed by atoms with Gasteiger partial charge in [-0.05, 0) is 50.1 Å². The SMILES string of the molecule is Cc1ccc(S(=O)(=O)N2CCC(c3noc(-c4cccc(F)c4)n3)CC2)cc1. The van der Waals surface area contributed by atoms with E-state index >= 15 is 0 Å². The molecular weight excluding hydrogens is 381 g/mol. The average molecular weight is 401 g/mol. The molecule has 1 aliphatic heterocycles. The number of aromatic nitrogens is 2. The molecule has 0 radical (unpaired) electrons. The first kappa shape index (κ1) is 18.8. The summed E-state index contributed by atoms with van der Waals surface area (Å²) in [5.41, 5.74) is 1.54. The van der Waals surface area contributed by atoms with E-state index in [0.29, 0.717) is 42.2 Å². The minimum Gasteiger partial charge on any atom is -0.334 e. The molecule has 0 aliphatic carbocycles. The van der Waals surface area contributed by atoms with Gasteiger partial charge < -0.3 is 4.52 Å². The number of hydrogen-bond acceptors (Lipinski definition) is 5. The molecule has 8 heteroatoms. The normalized spacial score (nSPS) is 16.4. The first-order chi connectivity index (χ1) is 13.4. The lowest BCUT2D eigenvalue weighted by Gasteiger charge is -2.29. The molecule has 146 valence electrons. The first-order valence-corrected chi connectivity index (χ1v) is 10.5. The topological polar surface area (TPSA) is 76.3 Å². The van der Waals surface area contributed by atoms with Crippen LogP contribution in [0.1, 0.15) is 30.1 Å². The van der Waals surface area contributed by atoms with Crippen molar-refractivity contribution in [3.05, 3.63) is 65.7 Å². The highest BCUT2D eigenvalue weighted by molar-refractivity contribution is 7.89. The van der Waals surface area contributed by atoms with Crippen LogP contribution in [0.3, 0.4) is 0 Å². The lowest BCUT2D eigenvalue weighted by Crippen LogP contribution is -2.38. The highest BCUT2D eigenvalue weighted by atomic mass is 32.2. The summed E-state index contributed by atoms with van der Waals surface area (Å²) >= 11 is 0. The highest BCUT2D eigenvalue weighted by Gasteiger charge is 2.31. The molecule has 28 heavy (non-hydrogen) atoms. The summed E-state index contributed by atoms with van der Waals surface area (Å²) in [6.07, 6.45) is 1.21. The number of aryl methyl sites for hydroxylation is 1. The van der Waals surface area contributed by atoms with Crippen molar-refractivity contribution in [3.8, 4) is 11.5 Å². The van der Waals surface area contributed by atoms with Crippen molar-refractivity contribution in [2.24, 2.45) is 0 Å². The zero-order valence-corrected chi connectivity index (χ0v) is 16.2. The predicted molar refractivity (Wildman–Crippen MR) is 102 cm³/mol. The van der Waals surface area contributed by atoms with Crippen molar-refractivity contribution >= 4 is 10.0 Å². The Kier molecular flexibility index (Phi) is 4.99. The van der Waals surface area contributed by atoms with Crippen molar-refractivity contribution in [2.75, 3.05) is 13.1 Å². The van der Waals surface area contributed by atoms with Crippen LogP contribution >= 0.6 is 0 Å². The molecule has 0 unspecified atom stereocenters. The Morgan fingerprint density at radius 1 is 1.11 bits per heavy atom. The van der Waals surface area contributed by atoms with Gasteiger partial charge in [0.1, 0.15) is 5.82 Å². The zero-order valence-electron chi connectivity index (χ0n) is 15.4. The van der Waals surface area contributed by atoms with Gasteiger partial charge in [0.2, 0.25) is 10.0 Å². The van der Waals surface area contributed by atoms with Crippen LogP contribution in [-0.4, -0.2) is 36.0 Å². The molecule has 1 aromatic heterocycles. The highest BCUT2D eigenvalue weighted by Crippen LogP contribution is 2.30. The van der Waals surface area contributed by atoms with E-state index < -0.39 is 10.0 Å². The molecule has 2 heterocycles. The lowest BCUT2D eigenvalue weighted by molar-refractivity contribution is 0.307. The maximum atomic E-state index is 13.4. The molecule has 0 amide bonds. The Bertz CT molecular complexity index is 1070. The van der Waals surface area contributed by atoms with Crippen molar-refractivity contribution < 1.29 is 17.3 Å². The van der Waals surface area contributed by atoms with Crippen LogP contribution in [0.5, 0.6) is 0 Å². The van der Waals surface area contributed by atoms with E-state index in [2.05, 4.69) is 10.1 Å². The predicted octanol–water partition coefficient (Wildman–Crippen LogP) is 3.75. The molecule has 0 N–H and O–H groups in total. The van der Waals surface area contributed by atoms with E-state index in [4.69, 9.17) is 4.52 Å². The van der Waals surface area contributed by atoms with Gasteiger partial charge in [0, 0.05) is 24.6 Å². The minimum absolute atomic E-state index is 0.00975. The summed E-state index contributed by atoms with van der Waals surface area (Å²) in [6.45, 7) is 2.71. The third kappa shape index (κ3) is 3.70. The molecular formula is C20H20FN3O3S. The van der Waals surface area contributed by atoms with Gasteiger partial charge in [0.15, 0.2) is 5.82 Å². The molecule has 1 aliphatic rings. The van der Waals surface area contributed by atoms with Gasteiger partial charge in [-0.25, -0.2) is 12.8 Å². The van der Waals surface area contributed by atoms with Crippen LogP contribution < -0.4 is 0 Å². The summed E-state index contributed by atoms with van der Waals surface area (Å²) in [5.74, 6) is 0.443. The van der Waals surface area contributed by atoms with E-state index in [-0.39, 0.29) is 17.6 Å². The van der Waals surface area contributed by atoms with Crippen LogP contribution in [0.4, 0.5) is 4.39 Å². The summed E-state index contributed by atoms with van der Waals surface area (Å²) in [7, 11) is -3.50. The first-order valence-electron chi connectivity index (χ1n) is 9.10. The Hall–Kier alpha value is -2.58. The third-order valence-corrected chi connectivity index (χ3v) is 6.90. The standard InChI is InChI=1S/C20H20FN3O3S/c1-14-5-7-18(8-6-14)28(25,26)24-11-9-15(10-12-24)19-22-20(27-23-19)16-3-2-4-17(21)13-16/h2-8,13,15H,9-12H2,1H3. The number of piperidine rings is 1. The van der Waals surface area contributed by atoms with Crippen LogP contribution in [-0.2, 0) is 10.0 Å². The molecule has 0 bridgehead atoms.